The van der Waals surface area contributed by atoms with Gasteiger partial charge in [0.2, 0.25) is 0 Å². The second-order valence-corrected chi connectivity index (χ2v) is 8.28. The summed E-state index contributed by atoms with van der Waals surface area (Å²) >= 11 is 0. The van der Waals surface area contributed by atoms with E-state index in [4.69, 9.17) is 9.47 Å². The van der Waals surface area contributed by atoms with E-state index in [1.165, 1.54) is 29.8 Å². The summed E-state index contributed by atoms with van der Waals surface area (Å²) in [6.45, 7) is 2.91. The Labute approximate surface area is 195 Å². The number of nitrogens with zero attached hydrogens (tertiary/aromatic N) is 2. The van der Waals surface area contributed by atoms with Gasteiger partial charge in [-0.1, -0.05) is 18.2 Å². The molecule has 2 aliphatic rings. The summed E-state index contributed by atoms with van der Waals surface area (Å²) in [6, 6.07) is 15.3. The summed E-state index contributed by atoms with van der Waals surface area (Å²) in [5.74, 6) is -0.114. The number of para-hydroxylation sites is 1. The molecule has 1 N–H and O–H groups in total. The van der Waals surface area contributed by atoms with Crippen molar-refractivity contribution in [2.75, 3.05) is 50.7 Å². The number of nitrogens with one attached hydrogen (secondary N) is 1. The van der Waals surface area contributed by atoms with E-state index in [0.717, 1.165) is 18.8 Å². The largest absolute Gasteiger partial charge is 0.496 e. The Kier molecular flexibility index (Phi) is 7.29. The fourth-order valence-electron chi connectivity index (χ4n) is 4.42. The first-order chi connectivity index (χ1) is 16.1. The zero-order valence-electron chi connectivity index (χ0n) is 19.3. The zero-order valence-corrected chi connectivity index (χ0v) is 19.3. The molecule has 2 heterocycles. The number of hydrogen-bond acceptors (Lipinski definition) is 6. The van der Waals surface area contributed by atoms with Gasteiger partial charge in [-0.2, -0.15) is 0 Å². The molecule has 4 rings (SSSR count). The van der Waals surface area contributed by atoms with Gasteiger partial charge in [-0.3, -0.25) is 14.5 Å². The quantitative estimate of drug-likeness (QED) is 0.462. The van der Waals surface area contributed by atoms with Gasteiger partial charge in [0.05, 0.1) is 12.7 Å². The van der Waals surface area contributed by atoms with Crippen molar-refractivity contribution in [2.24, 2.45) is 0 Å². The molecule has 0 saturated carbocycles. The Morgan fingerprint density at radius 1 is 0.909 bits per heavy atom. The molecule has 7 nitrogen and oxygen atoms in total. The number of anilines is 2. The second kappa shape index (κ2) is 10.5. The van der Waals surface area contributed by atoms with Gasteiger partial charge in [0.25, 0.3) is 11.8 Å². The minimum atomic E-state index is -0.336. The Balaban J connectivity index is 1.64. The second-order valence-electron chi connectivity index (χ2n) is 8.28. The molecule has 2 amide bonds. The van der Waals surface area contributed by atoms with Gasteiger partial charge in [-0.05, 0) is 56.0 Å². The third kappa shape index (κ3) is 4.88. The molecule has 0 aromatic heterocycles. The lowest BCUT2D eigenvalue weighted by Crippen LogP contribution is -2.34. The lowest BCUT2D eigenvalue weighted by atomic mass is 10.0. The molecule has 0 aliphatic carbocycles. The molecule has 2 aromatic carbocycles. The Bertz CT molecular complexity index is 1030. The first kappa shape index (κ1) is 22.9. The SMILES string of the molecule is COCCCN1C(=O)C(Nc2ccc(N3CCCCC3)cc2)=C(c2ccccc2OC)C1=O. The molecule has 0 bridgehead atoms. The molecular weight excluding hydrogens is 418 g/mol. The number of piperidine rings is 1. The fourth-order valence-corrected chi connectivity index (χ4v) is 4.42. The monoisotopic (exact) mass is 449 g/mol. The summed E-state index contributed by atoms with van der Waals surface area (Å²) in [7, 11) is 3.16. The topological polar surface area (TPSA) is 71.1 Å². The maximum atomic E-state index is 13.3. The van der Waals surface area contributed by atoms with Crippen LogP contribution in [0.15, 0.2) is 54.2 Å². The number of hydrogen-bond donors (Lipinski definition) is 1. The number of carbonyl (C=O) groups is 2. The highest BCUT2D eigenvalue weighted by atomic mass is 16.5. The van der Waals surface area contributed by atoms with Crippen molar-refractivity contribution in [1.29, 1.82) is 0 Å². The van der Waals surface area contributed by atoms with Crippen LogP contribution in [0.5, 0.6) is 5.75 Å². The number of carbonyl (C=O) groups excluding carboxylic acids is 2. The third-order valence-electron chi connectivity index (χ3n) is 6.13. The highest BCUT2D eigenvalue weighted by molar-refractivity contribution is 6.37. The number of methoxy groups -OCH3 is 2. The summed E-state index contributed by atoms with van der Waals surface area (Å²) in [5, 5.41) is 3.23. The number of imide groups is 1. The van der Waals surface area contributed by atoms with Crippen LogP contribution in [-0.2, 0) is 14.3 Å². The summed E-state index contributed by atoms with van der Waals surface area (Å²) in [5.41, 5.74) is 3.13. The lowest BCUT2D eigenvalue weighted by molar-refractivity contribution is -0.137. The van der Waals surface area contributed by atoms with E-state index in [0.29, 0.717) is 36.5 Å². The zero-order chi connectivity index (χ0) is 23.2. The summed E-state index contributed by atoms with van der Waals surface area (Å²) < 4.78 is 10.6. The molecule has 0 unspecified atom stereocenters. The van der Waals surface area contributed by atoms with E-state index < -0.39 is 0 Å². The van der Waals surface area contributed by atoms with E-state index >= 15 is 0 Å². The highest BCUT2D eigenvalue weighted by Crippen LogP contribution is 2.35. The average molecular weight is 450 g/mol. The minimum Gasteiger partial charge on any atom is -0.496 e. The van der Waals surface area contributed by atoms with Crippen LogP contribution in [-0.4, -0.2) is 57.2 Å². The summed E-state index contributed by atoms with van der Waals surface area (Å²) in [4.78, 5) is 30.3. The predicted molar refractivity (Wildman–Crippen MR) is 129 cm³/mol. The van der Waals surface area contributed by atoms with Crippen molar-refractivity contribution >= 4 is 28.8 Å². The molecule has 1 fully saturated rings. The Morgan fingerprint density at radius 3 is 2.33 bits per heavy atom. The number of rotatable bonds is 9. The van der Waals surface area contributed by atoms with Gasteiger partial charge in [0.1, 0.15) is 11.4 Å². The molecular formula is C26H31N3O4. The van der Waals surface area contributed by atoms with Crippen LogP contribution < -0.4 is 15.0 Å². The van der Waals surface area contributed by atoms with Crippen molar-refractivity contribution < 1.29 is 19.1 Å². The van der Waals surface area contributed by atoms with Gasteiger partial charge in [-0.15, -0.1) is 0 Å². The predicted octanol–water partition coefficient (Wildman–Crippen LogP) is 3.91. The van der Waals surface area contributed by atoms with E-state index in [9.17, 15) is 9.59 Å². The molecule has 0 atom stereocenters. The van der Waals surface area contributed by atoms with E-state index in [2.05, 4.69) is 22.3 Å². The van der Waals surface area contributed by atoms with Crippen molar-refractivity contribution in [2.45, 2.75) is 25.7 Å². The highest BCUT2D eigenvalue weighted by Gasteiger charge is 2.39. The average Bonchev–Trinajstić information content (AvgIpc) is 3.09. The van der Waals surface area contributed by atoms with Crippen LogP contribution >= 0.6 is 0 Å². The van der Waals surface area contributed by atoms with Crippen molar-refractivity contribution in [1.82, 2.24) is 4.90 Å². The maximum absolute atomic E-state index is 13.3. The Morgan fingerprint density at radius 2 is 1.64 bits per heavy atom. The van der Waals surface area contributed by atoms with Crippen LogP contribution in [0.4, 0.5) is 11.4 Å². The third-order valence-corrected chi connectivity index (χ3v) is 6.13. The molecule has 0 radical (unpaired) electrons. The molecule has 1 saturated heterocycles. The van der Waals surface area contributed by atoms with Crippen molar-refractivity contribution in [3.63, 3.8) is 0 Å². The van der Waals surface area contributed by atoms with Crippen molar-refractivity contribution in [3.05, 3.63) is 59.8 Å². The molecule has 2 aliphatic heterocycles. The standard InChI is InChI=1S/C26H31N3O4/c1-32-18-8-17-29-25(30)23(21-9-4-5-10-22(21)33-2)24(26(29)31)27-19-11-13-20(14-12-19)28-15-6-3-7-16-28/h4-5,9-14,27H,3,6-8,15-18H2,1-2H3. The van der Waals surface area contributed by atoms with E-state index in [-0.39, 0.29) is 17.5 Å². The first-order valence-corrected chi connectivity index (χ1v) is 11.5. The number of benzene rings is 2. The summed E-state index contributed by atoms with van der Waals surface area (Å²) in [6.07, 6.45) is 4.29. The fraction of sp³-hybridized carbons (Fsp3) is 0.385. The lowest BCUT2D eigenvalue weighted by Gasteiger charge is -2.28. The maximum Gasteiger partial charge on any atom is 0.278 e. The van der Waals surface area contributed by atoms with Crippen molar-refractivity contribution in [3.8, 4) is 5.75 Å². The minimum absolute atomic E-state index is 0.271. The molecule has 174 valence electrons. The van der Waals surface area contributed by atoms with Gasteiger partial charge in [-0.25, -0.2) is 0 Å². The van der Waals surface area contributed by atoms with Gasteiger partial charge in [0, 0.05) is 50.3 Å². The van der Waals surface area contributed by atoms with Crippen LogP contribution in [0.3, 0.4) is 0 Å². The van der Waals surface area contributed by atoms with Crippen LogP contribution in [0.1, 0.15) is 31.2 Å². The smallest absolute Gasteiger partial charge is 0.278 e. The van der Waals surface area contributed by atoms with Crippen LogP contribution in [0, 0.1) is 0 Å². The van der Waals surface area contributed by atoms with Crippen LogP contribution in [0.25, 0.3) is 5.57 Å². The molecule has 0 spiro atoms. The van der Waals surface area contributed by atoms with E-state index in [1.54, 1.807) is 26.4 Å². The van der Waals surface area contributed by atoms with Crippen LogP contribution in [0.2, 0.25) is 0 Å². The van der Waals surface area contributed by atoms with Gasteiger partial charge < -0.3 is 19.7 Å². The first-order valence-electron chi connectivity index (χ1n) is 11.5. The Hall–Kier alpha value is -3.32. The molecule has 33 heavy (non-hydrogen) atoms. The molecule has 2 aromatic rings. The van der Waals surface area contributed by atoms with Gasteiger partial charge in [0.15, 0.2) is 0 Å². The van der Waals surface area contributed by atoms with Gasteiger partial charge >= 0.3 is 0 Å². The number of amides is 2. The number of ether oxygens (including phenoxy) is 2. The molecule has 7 heteroatoms. The van der Waals surface area contributed by atoms with E-state index in [1.807, 2.05) is 24.3 Å². The normalized spacial score (nSPS) is 16.5.